The average Bonchev–Trinajstić information content (AvgIpc) is 2.77. The summed E-state index contributed by atoms with van der Waals surface area (Å²) in [6.45, 7) is 5.44. The van der Waals surface area contributed by atoms with Crippen LogP contribution in [-0.4, -0.2) is 36.9 Å². The van der Waals surface area contributed by atoms with Crippen LogP contribution in [0, 0.1) is 0 Å². The number of carbonyl (C=O) groups is 1. The number of aromatic nitrogens is 2. The highest BCUT2D eigenvalue weighted by atomic mass is 32.2. The van der Waals surface area contributed by atoms with Gasteiger partial charge in [0.05, 0.1) is 7.11 Å². The number of hydrogen-bond donors (Lipinski definition) is 2. The van der Waals surface area contributed by atoms with Gasteiger partial charge in [0.2, 0.25) is 10.0 Å². The first-order chi connectivity index (χ1) is 15.6. The van der Waals surface area contributed by atoms with Crippen molar-refractivity contribution in [1.29, 1.82) is 0 Å². The summed E-state index contributed by atoms with van der Waals surface area (Å²) in [5, 5.41) is 2.68. The zero-order chi connectivity index (χ0) is 24.1. The van der Waals surface area contributed by atoms with E-state index in [0.717, 1.165) is 5.56 Å². The molecule has 0 atom stereocenters. The van der Waals surface area contributed by atoms with Crippen molar-refractivity contribution < 1.29 is 22.7 Å². The van der Waals surface area contributed by atoms with E-state index in [1.807, 2.05) is 12.1 Å². The third-order valence-electron chi connectivity index (χ3n) is 4.30. The zero-order valence-corrected chi connectivity index (χ0v) is 19.6. The molecule has 1 aromatic carbocycles. The molecule has 0 unspecified atom stereocenters. The summed E-state index contributed by atoms with van der Waals surface area (Å²) < 4.78 is 39.3. The second-order valence-electron chi connectivity index (χ2n) is 8.17. The van der Waals surface area contributed by atoms with Crippen LogP contribution in [0.1, 0.15) is 36.7 Å². The standard InChI is InChI=1S/C23H26N4O5S/c1-23(2,3)27-33(29,30)20-14-17(7-8-18(20)31-4)22(28)26-21-19(6-5-11-25-21)32-15-16-9-12-24-13-10-16/h5-14,27H,15H2,1-4H3,(H,25,26,28). The highest BCUT2D eigenvalue weighted by Gasteiger charge is 2.26. The fourth-order valence-electron chi connectivity index (χ4n) is 2.91. The Labute approximate surface area is 193 Å². The first-order valence-corrected chi connectivity index (χ1v) is 11.6. The largest absolute Gasteiger partial charge is 0.495 e. The molecule has 0 fully saturated rings. The minimum Gasteiger partial charge on any atom is -0.495 e. The number of amides is 1. The third kappa shape index (κ3) is 6.50. The SMILES string of the molecule is COc1ccc(C(=O)Nc2ncccc2OCc2ccncc2)cc1S(=O)(=O)NC(C)(C)C. The molecule has 3 rings (SSSR count). The monoisotopic (exact) mass is 470 g/mol. The van der Waals surface area contributed by atoms with Crippen molar-refractivity contribution >= 4 is 21.7 Å². The maximum absolute atomic E-state index is 12.9. The Hall–Kier alpha value is -3.50. The van der Waals surface area contributed by atoms with E-state index in [-0.39, 0.29) is 28.6 Å². The predicted octanol–water partition coefficient (Wildman–Crippen LogP) is 3.39. The number of methoxy groups -OCH3 is 1. The first-order valence-electron chi connectivity index (χ1n) is 10.1. The summed E-state index contributed by atoms with van der Waals surface area (Å²) in [4.78, 5) is 20.9. The Morgan fingerprint density at radius 3 is 2.42 bits per heavy atom. The van der Waals surface area contributed by atoms with Gasteiger partial charge in [-0.2, -0.15) is 0 Å². The lowest BCUT2D eigenvalue weighted by Gasteiger charge is -2.21. The van der Waals surface area contributed by atoms with Gasteiger partial charge in [-0.05, 0) is 68.8 Å². The molecule has 0 aliphatic rings. The minimum absolute atomic E-state index is 0.121. The van der Waals surface area contributed by atoms with Crippen molar-refractivity contribution in [3.05, 3.63) is 72.2 Å². The van der Waals surface area contributed by atoms with Gasteiger partial charge in [-0.25, -0.2) is 18.1 Å². The van der Waals surface area contributed by atoms with E-state index in [9.17, 15) is 13.2 Å². The molecule has 0 aliphatic heterocycles. The van der Waals surface area contributed by atoms with E-state index in [1.165, 1.54) is 31.5 Å². The molecular formula is C23H26N4O5S. The van der Waals surface area contributed by atoms with E-state index < -0.39 is 21.5 Å². The first kappa shape index (κ1) is 24.1. The minimum atomic E-state index is -3.94. The highest BCUT2D eigenvalue weighted by molar-refractivity contribution is 7.89. The number of anilines is 1. The van der Waals surface area contributed by atoms with Crippen molar-refractivity contribution in [1.82, 2.24) is 14.7 Å². The number of rotatable bonds is 8. The Bertz CT molecular complexity index is 1230. The van der Waals surface area contributed by atoms with Crippen LogP contribution in [0.25, 0.3) is 0 Å². The van der Waals surface area contributed by atoms with E-state index in [1.54, 1.807) is 45.3 Å². The fraction of sp³-hybridized carbons (Fsp3) is 0.261. The van der Waals surface area contributed by atoms with E-state index >= 15 is 0 Å². The van der Waals surface area contributed by atoms with Crippen LogP contribution in [0.15, 0.2) is 66.0 Å². The topological polar surface area (TPSA) is 120 Å². The molecule has 0 radical (unpaired) electrons. The molecule has 3 aromatic rings. The van der Waals surface area contributed by atoms with Crippen LogP contribution in [0.5, 0.6) is 11.5 Å². The molecule has 9 nitrogen and oxygen atoms in total. The van der Waals surface area contributed by atoms with Crippen molar-refractivity contribution in [3.8, 4) is 11.5 Å². The molecule has 0 aliphatic carbocycles. The van der Waals surface area contributed by atoms with Gasteiger partial charge in [-0.1, -0.05) is 0 Å². The molecular weight excluding hydrogens is 444 g/mol. The van der Waals surface area contributed by atoms with E-state index in [2.05, 4.69) is 20.0 Å². The number of ether oxygens (including phenoxy) is 2. The second-order valence-corrected chi connectivity index (χ2v) is 9.82. The summed E-state index contributed by atoms with van der Waals surface area (Å²) >= 11 is 0. The third-order valence-corrected chi connectivity index (χ3v) is 6.08. The lowest BCUT2D eigenvalue weighted by atomic mass is 10.1. The molecule has 1 amide bonds. The number of nitrogens with zero attached hydrogens (tertiary/aromatic N) is 2. The quantitative estimate of drug-likeness (QED) is 0.518. The molecule has 2 aromatic heterocycles. The fourth-order valence-corrected chi connectivity index (χ4v) is 4.52. The molecule has 10 heteroatoms. The number of pyridine rings is 2. The molecule has 33 heavy (non-hydrogen) atoms. The number of benzene rings is 1. The van der Waals surface area contributed by atoms with Gasteiger partial charge < -0.3 is 14.8 Å². The summed E-state index contributed by atoms with van der Waals surface area (Å²) in [5.41, 5.74) is 0.315. The maximum Gasteiger partial charge on any atom is 0.256 e. The maximum atomic E-state index is 12.9. The van der Waals surface area contributed by atoms with Crippen LogP contribution in [-0.2, 0) is 16.6 Å². The van der Waals surface area contributed by atoms with E-state index in [4.69, 9.17) is 9.47 Å². The van der Waals surface area contributed by atoms with Crippen LogP contribution in [0.4, 0.5) is 5.82 Å². The molecule has 0 saturated heterocycles. The van der Waals surface area contributed by atoms with Gasteiger partial charge in [-0.15, -0.1) is 0 Å². The van der Waals surface area contributed by atoms with E-state index in [0.29, 0.717) is 5.75 Å². The van der Waals surface area contributed by atoms with Crippen LogP contribution < -0.4 is 19.5 Å². The molecule has 2 N–H and O–H groups in total. The normalized spacial score (nSPS) is 11.6. The number of carbonyl (C=O) groups excluding carboxylic acids is 1. The summed E-state index contributed by atoms with van der Waals surface area (Å²) in [6.07, 6.45) is 4.84. The van der Waals surface area contributed by atoms with Crippen LogP contribution in [0.2, 0.25) is 0 Å². The zero-order valence-electron chi connectivity index (χ0n) is 18.8. The lowest BCUT2D eigenvalue weighted by Crippen LogP contribution is -2.40. The van der Waals surface area contributed by atoms with Crippen LogP contribution in [0.3, 0.4) is 0 Å². The summed E-state index contributed by atoms with van der Waals surface area (Å²) in [7, 11) is -2.57. The number of nitrogens with one attached hydrogen (secondary N) is 2. The highest BCUT2D eigenvalue weighted by Crippen LogP contribution is 2.27. The van der Waals surface area contributed by atoms with Crippen molar-refractivity contribution in [2.75, 3.05) is 12.4 Å². The van der Waals surface area contributed by atoms with Gasteiger partial charge in [0.1, 0.15) is 17.3 Å². The molecule has 174 valence electrons. The van der Waals surface area contributed by atoms with Gasteiger partial charge in [-0.3, -0.25) is 9.78 Å². The summed E-state index contributed by atoms with van der Waals surface area (Å²) in [5.74, 6) is 0.169. The number of hydrogen-bond acceptors (Lipinski definition) is 7. The Kier molecular flexibility index (Phi) is 7.29. The van der Waals surface area contributed by atoms with Crippen molar-refractivity contribution in [2.24, 2.45) is 0 Å². The second kappa shape index (κ2) is 9.97. The smallest absolute Gasteiger partial charge is 0.256 e. The van der Waals surface area contributed by atoms with Crippen LogP contribution >= 0.6 is 0 Å². The Morgan fingerprint density at radius 2 is 1.76 bits per heavy atom. The Balaban J connectivity index is 1.84. The molecule has 0 bridgehead atoms. The van der Waals surface area contributed by atoms with Gasteiger partial charge >= 0.3 is 0 Å². The van der Waals surface area contributed by atoms with Crippen molar-refractivity contribution in [2.45, 2.75) is 37.8 Å². The molecule has 0 spiro atoms. The molecule has 0 saturated carbocycles. The van der Waals surface area contributed by atoms with Gasteiger partial charge in [0.15, 0.2) is 11.6 Å². The Morgan fingerprint density at radius 1 is 1.03 bits per heavy atom. The average molecular weight is 471 g/mol. The summed E-state index contributed by atoms with van der Waals surface area (Å²) in [6, 6.07) is 11.2. The lowest BCUT2D eigenvalue weighted by molar-refractivity contribution is 0.102. The predicted molar refractivity (Wildman–Crippen MR) is 124 cm³/mol. The number of sulfonamides is 1. The molecule has 2 heterocycles. The van der Waals surface area contributed by atoms with Gasteiger partial charge in [0, 0.05) is 29.7 Å². The van der Waals surface area contributed by atoms with Gasteiger partial charge in [0.25, 0.3) is 5.91 Å². The van der Waals surface area contributed by atoms with Crippen molar-refractivity contribution in [3.63, 3.8) is 0 Å².